The number of nitrogens with two attached hydrogens (primary N) is 1. The lowest BCUT2D eigenvalue weighted by molar-refractivity contribution is 1.12. The number of benzene rings is 1. The van der Waals surface area contributed by atoms with E-state index in [4.69, 9.17) is 28.9 Å². The third kappa shape index (κ3) is 4.14. The van der Waals surface area contributed by atoms with E-state index in [2.05, 4.69) is 32.1 Å². The number of rotatable bonds is 5. The highest BCUT2D eigenvalue weighted by Crippen LogP contribution is 2.32. The predicted molar refractivity (Wildman–Crippen MR) is 85.8 cm³/mol. The first kappa shape index (κ1) is 15.2. The molecule has 1 aromatic carbocycles. The minimum absolute atomic E-state index is 0.0528. The molecule has 0 saturated carbocycles. The normalized spacial score (nSPS) is 10.8. The van der Waals surface area contributed by atoms with Gasteiger partial charge < -0.3 is 11.1 Å². The summed E-state index contributed by atoms with van der Waals surface area (Å²) < 4.78 is 0. The molecule has 2 aromatic rings. The number of nitrogens with one attached hydrogen (secondary N) is 1. The van der Waals surface area contributed by atoms with E-state index in [0.29, 0.717) is 28.8 Å². The summed E-state index contributed by atoms with van der Waals surface area (Å²) >= 11 is 11.8. The Kier molecular flexibility index (Phi) is 5.08. The van der Waals surface area contributed by atoms with E-state index >= 15 is 0 Å². The fraction of sp³-hybridized carbons (Fsp3) is 0.0769. The third-order valence-electron chi connectivity index (χ3n) is 2.36. The molecule has 8 heteroatoms. The van der Waals surface area contributed by atoms with Crippen molar-refractivity contribution in [1.82, 2.24) is 9.97 Å². The second kappa shape index (κ2) is 7.01. The van der Waals surface area contributed by atoms with Crippen LogP contribution in [-0.2, 0) is 0 Å². The van der Waals surface area contributed by atoms with Gasteiger partial charge in [-0.25, -0.2) is 0 Å². The van der Waals surface area contributed by atoms with Gasteiger partial charge in [-0.1, -0.05) is 29.3 Å². The Labute approximate surface area is 131 Å². The van der Waals surface area contributed by atoms with Crippen molar-refractivity contribution >= 4 is 46.3 Å². The zero-order valence-electron chi connectivity index (χ0n) is 10.9. The van der Waals surface area contributed by atoms with Crippen LogP contribution in [0.25, 0.3) is 0 Å². The van der Waals surface area contributed by atoms with Crippen LogP contribution in [0.15, 0.2) is 47.1 Å². The van der Waals surface area contributed by atoms with Crippen LogP contribution in [0.2, 0.25) is 10.2 Å². The van der Waals surface area contributed by atoms with E-state index in [1.54, 1.807) is 30.3 Å². The summed E-state index contributed by atoms with van der Waals surface area (Å²) in [6, 6.07) is 6.89. The molecule has 21 heavy (non-hydrogen) atoms. The molecule has 1 aromatic heterocycles. The SMILES string of the molecule is C=CCNc1nc(N)nc(Cl)c1N=Nc1ccc(Cl)cc1. The zero-order chi connectivity index (χ0) is 15.2. The van der Waals surface area contributed by atoms with Crippen molar-refractivity contribution in [3.8, 4) is 0 Å². The van der Waals surface area contributed by atoms with E-state index in [9.17, 15) is 0 Å². The van der Waals surface area contributed by atoms with Gasteiger partial charge in [0.25, 0.3) is 0 Å². The van der Waals surface area contributed by atoms with Crippen molar-refractivity contribution in [3.63, 3.8) is 0 Å². The lowest BCUT2D eigenvalue weighted by Crippen LogP contribution is -2.04. The summed E-state index contributed by atoms with van der Waals surface area (Å²) in [4.78, 5) is 7.91. The van der Waals surface area contributed by atoms with Gasteiger partial charge in [0.2, 0.25) is 5.95 Å². The summed E-state index contributed by atoms with van der Waals surface area (Å²) in [5.41, 5.74) is 6.50. The number of hydrogen-bond donors (Lipinski definition) is 2. The lowest BCUT2D eigenvalue weighted by Gasteiger charge is -2.07. The Bertz CT molecular complexity index is 669. The fourth-order valence-electron chi connectivity index (χ4n) is 1.44. The molecule has 0 spiro atoms. The van der Waals surface area contributed by atoms with Crippen LogP contribution in [-0.4, -0.2) is 16.5 Å². The summed E-state index contributed by atoms with van der Waals surface area (Å²) in [5, 5.41) is 11.9. The number of nitrogens with zero attached hydrogens (tertiary/aromatic N) is 4. The van der Waals surface area contributed by atoms with Crippen LogP contribution >= 0.6 is 23.2 Å². The second-order valence-electron chi connectivity index (χ2n) is 3.92. The standard InChI is InChI=1S/C13H12Cl2N6/c1-2-7-17-12-10(11(15)18-13(16)19-12)21-20-9-5-3-8(14)4-6-9/h2-6H,1,7H2,(H3,16,17,18,19). The number of halogens is 2. The van der Waals surface area contributed by atoms with Crippen molar-refractivity contribution in [2.75, 3.05) is 17.6 Å². The molecule has 6 nitrogen and oxygen atoms in total. The molecule has 1 heterocycles. The van der Waals surface area contributed by atoms with Crippen LogP contribution in [0.1, 0.15) is 0 Å². The Hall–Kier alpha value is -2.18. The molecular formula is C13H12Cl2N6. The minimum atomic E-state index is 0.0528. The zero-order valence-corrected chi connectivity index (χ0v) is 12.4. The number of nitrogen functional groups attached to an aromatic ring is 1. The average Bonchev–Trinajstić information content (AvgIpc) is 2.45. The number of azo groups is 1. The maximum Gasteiger partial charge on any atom is 0.223 e. The number of anilines is 2. The molecule has 0 fully saturated rings. The first-order valence-electron chi connectivity index (χ1n) is 5.95. The largest absolute Gasteiger partial charge is 0.368 e. The van der Waals surface area contributed by atoms with Crippen molar-refractivity contribution < 1.29 is 0 Å². The fourth-order valence-corrected chi connectivity index (χ4v) is 1.78. The molecular weight excluding hydrogens is 311 g/mol. The van der Waals surface area contributed by atoms with Crippen molar-refractivity contribution in [1.29, 1.82) is 0 Å². The van der Waals surface area contributed by atoms with Gasteiger partial charge in [-0.2, -0.15) is 15.1 Å². The maximum absolute atomic E-state index is 6.03. The smallest absolute Gasteiger partial charge is 0.223 e. The number of hydrogen-bond acceptors (Lipinski definition) is 6. The van der Waals surface area contributed by atoms with Gasteiger partial charge in [0.15, 0.2) is 16.7 Å². The minimum Gasteiger partial charge on any atom is -0.368 e. The molecule has 0 aliphatic rings. The second-order valence-corrected chi connectivity index (χ2v) is 4.71. The van der Waals surface area contributed by atoms with E-state index in [1.165, 1.54) is 0 Å². The quantitative estimate of drug-likeness (QED) is 0.485. The highest BCUT2D eigenvalue weighted by atomic mass is 35.5. The Morgan fingerprint density at radius 3 is 2.57 bits per heavy atom. The maximum atomic E-state index is 6.03. The molecule has 0 unspecified atom stereocenters. The molecule has 0 amide bonds. The van der Waals surface area contributed by atoms with Crippen molar-refractivity contribution in [3.05, 3.63) is 47.1 Å². The third-order valence-corrected chi connectivity index (χ3v) is 2.88. The molecule has 2 rings (SSSR count). The van der Waals surface area contributed by atoms with Gasteiger partial charge in [0.1, 0.15) is 0 Å². The van der Waals surface area contributed by atoms with Gasteiger partial charge in [0.05, 0.1) is 5.69 Å². The molecule has 0 radical (unpaired) electrons. The highest BCUT2D eigenvalue weighted by molar-refractivity contribution is 6.32. The van der Waals surface area contributed by atoms with Gasteiger partial charge in [0, 0.05) is 11.6 Å². The summed E-state index contributed by atoms with van der Waals surface area (Å²) in [7, 11) is 0. The topological polar surface area (TPSA) is 88.5 Å². The van der Waals surface area contributed by atoms with Crippen molar-refractivity contribution in [2.45, 2.75) is 0 Å². The van der Waals surface area contributed by atoms with E-state index in [1.807, 2.05) is 0 Å². The molecule has 0 aliphatic heterocycles. The molecule has 0 atom stereocenters. The van der Waals surface area contributed by atoms with Crippen LogP contribution in [0.3, 0.4) is 0 Å². The van der Waals surface area contributed by atoms with Crippen LogP contribution in [0, 0.1) is 0 Å². The summed E-state index contributed by atoms with van der Waals surface area (Å²) in [6.07, 6.45) is 1.67. The van der Waals surface area contributed by atoms with Crippen molar-refractivity contribution in [2.24, 2.45) is 10.2 Å². The van der Waals surface area contributed by atoms with Gasteiger partial charge in [-0.05, 0) is 24.3 Å². The monoisotopic (exact) mass is 322 g/mol. The average molecular weight is 323 g/mol. The van der Waals surface area contributed by atoms with Gasteiger partial charge in [-0.15, -0.1) is 11.7 Å². The Morgan fingerprint density at radius 1 is 1.19 bits per heavy atom. The van der Waals surface area contributed by atoms with Crippen LogP contribution < -0.4 is 11.1 Å². The molecule has 108 valence electrons. The van der Waals surface area contributed by atoms with Gasteiger partial charge >= 0.3 is 0 Å². The highest BCUT2D eigenvalue weighted by Gasteiger charge is 2.11. The van der Waals surface area contributed by atoms with Crippen LogP contribution in [0.4, 0.5) is 23.1 Å². The van der Waals surface area contributed by atoms with Gasteiger partial charge in [-0.3, -0.25) is 0 Å². The van der Waals surface area contributed by atoms with E-state index in [0.717, 1.165) is 0 Å². The van der Waals surface area contributed by atoms with E-state index < -0.39 is 0 Å². The Morgan fingerprint density at radius 2 is 1.90 bits per heavy atom. The molecule has 0 aliphatic carbocycles. The molecule has 0 saturated heterocycles. The first-order chi connectivity index (χ1) is 10.1. The summed E-state index contributed by atoms with van der Waals surface area (Å²) in [5.74, 6) is 0.446. The number of aromatic nitrogens is 2. The predicted octanol–water partition coefficient (Wildman–Crippen LogP) is 4.38. The first-order valence-corrected chi connectivity index (χ1v) is 6.71. The molecule has 3 N–H and O–H groups in total. The lowest BCUT2D eigenvalue weighted by atomic mass is 10.3. The van der Waals surface area contributed by atoms with Crippen LogP contribution in [0.5, 0.6) is 0 Å². The molecule has 0 bridgehead atoms. The summed E-state index contributed by atoms with van der Waals surface area (Å²) in [6.45, 7) is 4.10. The van der Waals surface area contributed by atoms with E-state index in [-0.39, 0.29) is 11.1 Å². The Balaban J connectivity index is 2.33.